The van der Waals surface area contributed by atoms with Crippen molar-refractivity contribution in [1.82, 2.24) is 15.6 Å². The number of ether oxygens (including phenoxy) is 1. The SMILES string of the molecule is CN=C(NCCOc1ccc2c(c1)CCC(=O)N2)NCCc1nc(C)c(C)s1. The number of nitrogens with one attached hydrogen (secondary N) is 3. The van der Waals surface area contributed by atoms with E-state index in [-0.39, 0.29) is 5.91 Å². The van der Waals surface area contributed by atoms with Gasteiger partial charge in [0.25, 0.3) is 0 Å². The average Bonchev–Trinajstić information content (AvgIpc) is 3.01. The van der Waals surface area contributed by atoms with Crippen LogP contribution in [0.1, 0.15) is 27.6 Å². The molecule has 1 aliphatic rings. The highest BCUT2D eigenvalue weighted by Gasteiger charge is 2.15. The van der Waals surface area contributed by atoms with E-state index < -0.39 is 0 Å². The second kappa shape index (κ2) is 9.54. The Bertz CT molecular complexity index is 843. The molecule has 2 aromatic rings. The van der Waals surface area contributed by atoms with Crippen LogP contribution in [0.2, 0.25) is 0 Å². The Morgan fingerprint density at radius 2 is 2.11 bits per heavy atom. The van der Waals surface area contributed by atoms with Crippen molar-refractivity contribution >= 4 is 28.9 Å². The number of guanidine groups is 1. The normalized spacial score (nSPS) is 13.7. The van der Waals surface area contributed by atoms with E-state index >= 15 is 0 Å². The molecule has 1 aromatic heterocycles. The van der Waals surface area contributed by atoms with Gasteiger partial charge >= 0.3 is 0 Å². The number of carbonyl (C=O) groups is 1. The van der Waals surface area contributed by atoms with Crippen LogP contribution in [0.15, 0.2) is 23.2 Å². The van der Waals surface area contributed by atoms with Crippen molar-refractivity contribution in [2.75, 3.05) is 32.1 Å². The predicted molar refractivity (Wildman–Crippen MR) is 114 cm³/mol. The van der Waals surface area contributed by atoms with Crippen molar-refractivity contribution < 1.29 is 9.53 Å². The van der Waals surface area contributed by atoms with Gasteiger partial charge in [0.1, 0.15) is 12.4 Å². The second-order valence-corrected chi connectivity index (χ2v) is 7.93. The number of nitrogens with zero attached hydrogens (tertiary/aromatic N) is 2. The summed E-state index contributed by atoms with van der Waals surface area (Å²) in [6.45, 7) is 6.09. The van der Waals surface area contributed by atoms with Gasteiger partial charge in [0.15, 0.2) is 5.96 Å². The molecular formula is C20H27N5O2S. The van der Waals surface area contributed by atoms with Crippen LogP contribution in [0.4, 0.5) is 5.69 Å². The molecule has 0 saturated carbocycles. The Balaban J connectivity index is 1.37. The Morgan fingerprint density at radius 1 is 1.29 bits per heavy atom. The fourth-order valence-corrected chi connectivity index (χ4v) is 3.88. The molecule has 0 bridgehead atoms. The number of rotatable bonds is 7. The smallest absolute Gasteiger partial charge is 0.224 e. The number of aryl methyl sites for hydroxylation is 3. The van der Waals surface area contributed by atoms with Crippen molar-refractivity contribution in [2.45, 2.75) is 33.1 Å². The Kier molecular flexibility index (Phi) is 6.86. The standard InChI is InChI=1S/C20H27N5O2S/c1-13-14(2)28-19(24-13)8-9-22-20(21-3)23-10-11-27-16-5-6-17-15(12-16)4-7-18(26)25-17/h5-6,12H,4,7-11H2,1-3H3,(H,25,26)(H2,21,22,23). The molecule has 0 radical (unpaired) electrons. The summed E-state index contributed by atoms with van der Waals surface area (Å²) >= 11 is 1.75. The summed E-state index contributed by atoms with van der Waals surface area (Å²) in [5.41, 5.74) is 3.12. The molecule has 0 fully saturated rings. The summed E-state index contributed by atoms with van der Waals surface area (Å²) in [4.78, 5) is 21.5. The number of benzene rings is 1. The van der Waals surface area contributed by atoms with Gasteiger partial charge in [-0.05, 0) is 44.0 Å². The van der Waals surface area contributed by atoms with Crippen molar-refractivity contribution in [3.05, 3.63) is 39.3 Å². The minimum atomic E-state index is 0.0735. The summed E-state index contributed by atoms with van der Waals surface area (Å²) in [5.74, 6) is 1.64. The lowest BCUT2D eigenvalue weighted by Gasteiger charge is -2.18. The minimum Gasteiger partial charge on any atom is -0.492 e. The molecule has 28 heavy (non-hydrogen) atoms. The highest BCUT2D eigenvalue weighted by atomic mass is 32.1. The first-order valence-electron chi connectivity index (χ1n) is 9.48. The number of carbonyl (C=O) groups excluding carboxylic acids is 1. The largest absolute Gasteiger partial charge is 0.492 e. The monoisotopic (exact) mass is 401 g/mol. The third-order valence-corrected chi connectivity index (χ3v) is 5.70. The molecule has 8 heteroatoms. The summed E-state index contributed by atoms with van der Waals surface area (Å²) in [7, 11) is 1.76. The molecule has 0 spiro atoms. The lowest BCUT2D eigenvalue weighted by molar-refractivity contribution is -0.116. The molecular weight excluding hydrogens is 374 g/mol. The van der Waals surface area contributed by atoms with Gasteiger partial charge in [-0.25, -0.2) is 4.98 Å². The summed E-state index contributed by atoms with van der Waals surface area (Å²) in [6, 6.07) is 5.78. The van der Waals surface area contributed by atoms with Crippen molar-refractivity contribution in [2.24, 2.45) is 4.99 Å². The van der Waals surface area contributed by atoms with Crippen LogP contribution in [0.3, 0.4) is 0 Å². The van der Waals surface area contributed by atoms with Crippen LogP contribution in [0.25, 0.3) is 0 Å². The molecule has 0 aliphatic carbocycles. The fraction of sp³-hybridized carbons (Fsp3) is 0.450. The number of hydrogen-bond donors (Lipinski definition) is 3. The predicted octanol–water partition coefficient (Wildman–Crippen LogP) is 2.43. The molecule has 1 aromatic carbocycles. The van der Waals surface area contributed by atoms with Gasteiger partial charge in [-0.2, -0.15) is 0 Å². The Morgan fingerprint density at radius 3 is 2.86 bits per heavy atom. The topological polar surface area (TPSA) is 87.6 Å². The zero-order valence-corrected chi connectivity index (χ0v) is 17.4. The molecule has 0 unspecified atom stereocenters. The first-order valence-corrected chi connectivity index (χ1v) is 10.3. The van der Waals surface area contributed by atoms with Crippen LogP contribution in [0, 0.1) is 13.8 Å². The first-order chi connectivity index (χ1) is 13.5. The highest BCUT2D eigenvalue weighted by Crippen LogP contribution is 2.26. The second-order valence-electron chi connectivity index (χ2n) is 6.64. The van der Waals surface area contributed by atoms with Crippen LogP contribution in [0.5, 0.6) is 5.75 Å². The number of hydrogen-bond acceptors (Lipinski definition) is 5. The molecule has 2 heterocycles. The first kappa shape index (κ1) is 20.1. The number of aromatic nitrogens is 1. The van der Waals surface area contributed by atoms with E-state index in [0.29, 0.717) is 19.6 Å². The molecule has 3 N–H and O–H groups in total. The van der Waals surface area contributed by atoms with Crippen molar-refractivity contribution in [3.8, 4) is 5.75 Å². The maximum atomic E-state index is 11.4. The molecule has 0 atom stereocenters. The summed E-state index contributed by atoms with van der Waals surface area (Å²) < 4.78 is 5.82. The fourth-order valence-electron chi connectivity index (χ4n) is 2.94. The lowest BCUT2D eigenvalue weighted by Crippen LogP contribution is -2.40. The van der Waals surface area contributed by atoms with Crippen LogP contribution < -0.4 is 20.7 Å². The van der Waals surface area contributed by atoms with E-state index in [1.807, 2.05) is 25.1 Å². The van der Waals surface area contributed by atoms with Crippen LogP contribution >= 0.6 is 11.3 Å². The molecule has 7 nitrogen and oxygen atoms in total. The molecule has 0 saturated heterocycles. The lowest BCUT2D eigenvalue weighted by atomic mass is 10.0. The molecule has 150 valence electrons. The third kappa shape index (κ3) is 5.45. The van der Waals surface area contributed by atoms with Crippen LogP contribution in [-0.2, 0) is 17.6 Å². The number of thiazole rings is 1. The number of fused-ring (bicyclic) bond motifs is 1. The van der Waals surface area contributed by atoms with E-state index in [0.717, 1.165) is 53.0 Å². The highest BCUT2D eigenvalue weighted by molar-refractivity contribution is 7.11. The Labute approximate surface area is 169 Å². The zero-order valence-electron chi connectivity index (χ0n) is 16.6. The Hall–Kier alpha value is -2.61. The maximum absolute atomic E-state index is 11.4. The van der Waals surface area contributed by atoms with E-state index in [2.05, 4.69) is 32.9 Å². The quantitative estimate of drug-likeness (QED) is 0.377. The van der Waals surface area contributed by atoms with E-state index in [9.17, 15) is 4.79 Å². The third-order valence-electron chi connectivity index (χ3n) is 4.56. The van der Waals surface area contributed by atoms with Gasteiger partial charge in [-0.15, -0.1) is 11.3 Å². The van der Waals surface area contributed by atoms with Gasteiger partial charge in [0.2, 0.25) is 5.91 Å². The number of amides is 1. The summed E-state index contributed by atoms with van der Waals surface area (Å²) in [6.07, 6.45) is 2.16. The van der Waals surface area contributed by atoms with Gasteiger partial charge in [-0.3, -0.25) is 9.79 Å². The van der Waals surface area contributed by atoms with E-state index in [1.165, 1.54) is 4.88 Å². The summed E-state index contributed by atoms with van der Waals surface area (Å²) in [5, 5.41) is 10.6. The van der Waals surface area contributed by atoms with Gasteiger partial charge in [0, 0.05) is 37.0 Å². The number of anilines is 1. The van der Waals surface area contributed by atoms with Crippen LogP contribution in [-0.4, -0.2) is 43.6 Å². The van der Waals surface area contributed by atoms with Gasteiger partial charge in [-0.1, -0.05) is 0 Å². The van der Waals surface area contributed by atoms with Gasteiger partial charge < -0.3 is 20.7 Å². The maximum Gasteiger partial charge on any atom is 0.224 e. The van der Waals surface area contributed by atoms with Gasteiger partial charge in [0.05, 0.1) is 17.2 Å². The zero-order chi connectivity index (χ0) is 19.9. The molecule has 1 aliphatic heterocycles. The van der Waals surface area contributed by atoms with Crippen molar-refractivity contribution in [1.29, 1.82) is 0 Å². The average molecular weight is 402 g/mol. The van der Waals surface area contributed by atoms with Crippen molar-refractivity contribution in [3.63, 3.8) is 0 Å². The van der Waals surface area contributed by atoms with E-state index in [1.54, 1.807) is 18.4 Å². The number of aliphatic imine (C=N–C) groups is 1. The molecule has 1 amide bonds. The molecule has 3 rings (SSSR count). The minimum absolute atomic E-state index is 0.0735. The van der Waals surface area contributed by atoms with E-state index in [4.69, 9.17) is 4.74 Å².